The molecule has 5 nitrogen and oxygen atoms in total. The van der Waals surface area contributed by atoms with E-state index in [0.717, 1.165) is 5.56 Å². The van der Waals surface area contributed by atoms with Crippen molar-refractivity contribution in [3.05, 3.63) is 48.2 Å². The van der Waals surface area contributed by atoms with Crippen molar-refractivity contribution in [2.24, 2.45) is 0 Å². The molecule has 6 heteroatoms. The fourth-order valence-corrected chi connectivity index (χ4v) is 2.71. The number of benzene rings is 1. The topological polar surface area (TPSA) is 66.3 Å². The van der Waals surface area contributed by atoms with Gasteiger partial charge in [0.05, 0.1) is 0 Å². The zero-order valence-electron chi connectivity index (χ0n) is 11.9. The second kappa shape index (κ2) is 7.08. The van der Waals surface area contributed by atoms with Crippen LogP contribution in [0.5, 0.6) is 0 Å². The van der Waals surface area contributed by atoms with Crippen molar-refractivity contribution in [1.82, 2.24) is 9.97 Å². The summed E-state index contributed by atoms with van der Waals surface area (Å²) in [5.41, 5.74) is 0.999. The zero-order chi connectivity index (χ0) is 15.2. The number of carbonyl (C=O) groups is 1. The Kier molecular flexibility index (Phi) is 5.16. The van der Waals surface area contributed by atoms with Crippen LogP contribution >= 0.6 is 11.8 Å². The minimum Gasteiger partial charge on any atom is -0.480 e. The molecule has 0 spiro atoms. The highest BCUT2D eigenvalue weighted by Gasteiger charge is 2.20. The van der Waals surface area contributed by atoms with E-state index in [4.69, 9.17) is 0 Å². The third kappa shape index (κ3) is 4.46. The maximum absolute atomic E-state index is 11.5. The lowest BCUT2D eigenvalue weighted by molar-refractivity contribution is -0.136. The normalized spacial score (nSPS) is 11.9. The smallest absolute Gasteiger partial charge is 0.317 e. The number of hydrogen-bond acceptors (Lipinski definition) is 5. The molecule has 1 heterocycles. The van der Waals surface area contributed by atoms with Crippen LogP contribution in [0, 0.1) is 0 Å². The van der Waals surface area contributed by atoms with Crippen molar-refractivity contribution >= 4 is 23.7 Å². The van der Waals surface area contributed by atoms with E-state index in [0.29, 0.717) is 17.4 Å². The molecule has 0 bridgehead atoms. The number of anilines is 1. The van der Waals surface area contributed by atoms with Crippen LogP contribution in [-0.4, -0.2) is 40.4 Å². The Bertz CT molecular complexity index is 605. The van der Waals surface area contributed by atoms with E-state index in [2.05, 4.69) is 9.97 Å². The summed E-state index contributed by atoms with van der Waals surface area (Å²) in [6.45, 7) is 0. The molecule has 0 saturated carbocycles. The van der Waals surface area contributed by atoms with Crippen molar-refractivity contribution < 1.29 is 9.90 Å². The van der Waals surface area contributed by atoms with E-state index in [9.17, 15) is 9.90 Å². The van der Waals surface area contributed by atoms with Crippen molar-refractivity contribution in [3.8, 4) is 0 Å². The molecular weight excluding hydrogens is 286 g/mol. The van der Waals surface area contributed by atoms with Gasteiger partial charge in [-0.3, -0.25) is 4.79 Å². The van der Waals surface area contributed by atoms with Gasteiger partial charge in [0.25, 0.3) is 0 Å². The Morgan fingerprint density at radius 1 is 1.29 bits per heavy atom. The number of aromatic nitrogens is 2. The van der Waals surface area contributed by atoms with Crippen molar-refractivity contribution in [3.63, 3.8) is 0 Å². The van der Waals surface area contributed by atoms with E-state index in [1.807, 2.05) is 44.4 Å². The lowest BCUT2D eigenvalue weighted by atomic mass is 10.1. The number of nitrogens with zero attached hydrogens (tertiary/aromatic N) is 3. The number of thioether (sulfide) groups is 1. The molecule has 1 aromatic carbocycles. The van der Waals surface area contributed by atoms with E-state index in [1.165, 1.54) is 11.8 Å². The minimum absolute atomic E-state index is 0.460. The van der Waals surface area contributed by atoms with E-state index in [-0.39, 0.29) is 0 Å². The SMILES string of the molecule is CN(C)c1nccc(SC(Cc2ccccc2)C(=O)O)n1. The van der Waals surface area contributed by atoms with Crippen molar-refractivity contribution in [2.75, 3.05) is 19.0 Å². The highest BCUT2D eigenvalue weighted by atomic mass is 32.2. The number of carboxylic acid groups (broad SMARTS) is 1. The summed E-state index contributed by atoms with van der Waals surface area (Å²) in [5, 5.41) is 9.49. The number of rotatable bonds is 6. The Balaban J connectivity index is 2.13. The Hall–Kier alpha value is -2.08. The molecule has 2 aromatic rings. The summed E-state index contributed by atoms with van der Waals surface area (Å²) in [5.74, 6) is -0.266. The summed E-state index contributed by atoms with van der Waals surface area (Å²) in [4.78, 5) is 21.7. The highest BCUT2D eigenvalue weighted by Crippen LogP contribution is 2.25. The average Bonchev–Trinajstić information content (AvgIpc) is 2.48. The Labute approximate surface area is 128 Å². The third-order valence-electron chi connectivity index (χ3n) is 2.82. The fraction of sp³-hybridized carbons (Fsp3) is 0.267. The standard InChI is InChI=1S/C15H17N3O2S/c1-18(2)15-16-9-8-13(17-15)21-12(14(19)20)10-11-6-4-3-5-7-11/h3-9,12H,10H2,1-2H3,(H,19,20). The van der Waals surface area contributed by atoms with Crippen LogP contribution in [0.25, 0.3) is 0 Å². The van der Waals surface area contributed by atoms with Gasteiger partial charge in [-0.1, -0.05) is 42.1 Å². The molecule has 1 aromatic heterocycles. The Morgan fingerprint density at radius 2 is 2.00 bits per heavy atom. The van der Waals surface area contributed by atoms with Crippen molar-refractivity contribution in [1.29, 1.82) is 0 Å². The number of carboxylic acids is 1. The van der Waals surface area contributed by atoms with E-state index < -0.39 is 11.2 Å². The molecule has 1 atom stereocenters. The van der Waals surface area contributed by atoms with Crippen LogP contribution in [0.2, 0.25) is 0 Å². The molecule has 1 N–H and O–H groups in total. The van der Waals surface area contributed by atoms with Gasteiger partial charge in [0.15, 0.2) is 0 Å². The first-order chi connectivity index (χ1) is 10.1. The van der Waals surface area contributed by atoms with Crippen LogP contribution < -0.4 is 4.90 Å². The van der Waals surface area contributed by atoms with Gasteiger partial charge in [0, 0.05) is 20.3 Å². The first-order valence-electron chi connectivity index (χ1n) is 6.50. The first kappa shape index (κ1) is 15.3. The minimum atomic E-state index is -0.839. The molecule has 0 aliphatic rings. The zero-order valence-corrected chi connectivity index (χ0v) is 12.7. The molecule has 0 radical (unpaired) electrons. The molecule has 110 valence electrons. The van der Waals surface area contributed by atoms with E-state index in [1.54, 1.807) is 17.2 Å². The predicted octanol–water partition coefficient (Wildman–Crippen LogP) is 2.33. The summed E-state index contributed by atoms with van der Waals surface area (Å²) in [7, 11) is 3.70. The molecule has 21 heavy (non-hydrogen) atoms. The van der Waals surface area contributed by atoms with Gasteiger partial charge in [0.2, 0.25) is 5.95 Å². The summed E-state index contributed by atoms with van der Waals surface area (Å²) in [6.07, 6.45) is 2.11. The van der Waals surface area contributed by atoms with Gasteiger partial charge in [-0.2, -0.15) is 0 Å². The van der Waals surface area contributed by atoms with Crippen LogP contribution in [-0.2, 0) is 11.2 Å². The predicted molar refractivity (Wildman–Crippen MR) is 83.8 cm³/mol. The largest absolute Gasteiger partial charge is 0.480 e. The fourth-order valence-electron chi connectivity index (χ4n) is 1.77. The molecule has 1 unspecified atom stereocenters. The van der Waals surface area contributed by atoms with Crippen LogP contribution in [0.4, 0.5) is 5.95 Å². The van der Waals surface area contributed by atoms with Gasteiger partial charge < -0.3 is 10.0 Å². The third-order valence-corrected chi connectivity index (χ3v) is 3.94. The molecule has 0 fully saturated rings. The quantitative estimate of drug-likeness (QED) is 0.652. The van der Waals surface area contributed by atoms with Crippen LogP contribution in [0.3, 0.4) is 0 Å². The highest BCUT2D eigenvalue weighted by molar-refractivity contribution is 8.00. The lowest BCUT2D eigenvalue weighted by Gasteiger charge is -2.14. The van der Waals surface area contributed by atoms with Gasteiger partial charge in [-0.25, -0.2) is 9.97 Å². The Morgan fingerprint density at radius 3 is 2.62 bits per heavy atom. The molecule has 0 aliphatic heterocycles. The lowest BCUT2D eigenvalue weighted by Crippen LogP contribution is -2.20. The first-order valence-corrected chi connectivity index (χ1v) is 7.38. The average molecular weight is 303 g/mol. The maximum Gasteiger partial charge on any atom is 0.317 e. The summed E-state index contributed by atoms with van der Waals surface area (Å²) < 4.78 is 0. The molecule has 0 amide bonds. The molecule has 0 aliphatic carbocycles. The van der Waals surface area contributed by atoms with Gasteiger partial charge in [0.1, 0.15) is 10.3 Å². The second-order valence-electron chi connectivity index (χ2n) is 4.72. The van der Waals surface area contributed by atoms with Gasteiger partial charge >= 0.3 is 5.97 Å². The number of aliphatic carboxylic acids is 1. The second-order valence-corrected chi connectivity index (χ2v) is 5.95. The monoisotopic (exact) mass is 303 g/mol. The van der Waals surface area contributed by atoms with Gasteiger partial charge in [-0.15, -0.1) is 0 Å². The molecule has 0 saturated heterocycles. The number of hydrogen-bond donors (Lipinski definition) is 1. The maximum atomic E-state index is 11.5. The van der Waals surface area contributed by atoms with Gasteiger partial charge in [-0.05, 0) is 18.1 Å². The van der Waals surface area contributed by atoms with E-state index >= 15 is 0 Å². The van der Waals surface area contributed by atoms with Crippen molar-refractivity contribution in [2.45, 2.75) is 16.7 Å². The van der Waals surface area contributed by atoms with Crippen LogP contribution in [0.15, 0.2) is 47.6 Å². The molecular formula is C15H17N3O2S. The summed E-state index contributed by atoms with van der Waals surface area (Å²) >= 11 is 1.25. The van der Waals surface area contributed by atoms with Crippen LogP contribution in [0.1, 0.15) is 5.56 Å². The summed E-state index contributed by atoms with van der Waals surface area (Å²) in [6, 6.07) is 11.3. The molecule has 2 rings (SSSR count).